The van der Waals surface area contributed by atoms with Gasteiger partial charge in [-0.05, 0) is 53.9 Å². The highest BCUT2D eigenvalue weighted by Gasteiger charge is 2.10. The van der Waals surface area contributed by atoms with Crippen molar-refractivity contribution in [1.82, 2.24) is 0 Å². The number of hydrogen-bond acceptors (Lipinski definition) is 1. The Kier molecular flexibility index (Phi) is 3.98. The molecule has 0 aliphatic rings. The lowest BCUT2D eigenvalue weighted by molar-refractivity contribution is 0.892. The molecule has 21 heavy (non-hydrogen) atoms. The Morgan fingerprint density at radius 1 is 0.952 bits per heavy atom. The second kappa shape index (κ2) is 5.90. The van der Waals surface area contributed by atoms with Gasteiger partial charge in [-0.15, -0.1) is 0 Å². The van der Waals surface area contributed by atoms with Gasteiger partial charge in [0, 0.05) is 16.2 Å². The van der Waals surface area contributed by atoms with Gasteiger partial charge in [-0.3, -0.25) is 0 Å². The van der Waals surface area contributed by atoms with Crippen LogP contribution in [0.4, 0.5) is 5.69 Å². The van der Waals surface area contributed by atoms with Gasteiger partial charge in [-0.1, -0.05) is 58.4 Å². The van der Waals surface area contributed by atoms with E-state index in [4.69, 9.17) is 0 Å². The maximum atomic E-state index is 3.62. The highest BCUT2D eigenvalue weighted by Crippen LogP contribution is 2.28. The zero-order valence-electron chi connectivity index (χ0n) is 12.2. The zero-order chi connectivity index (χ0) is 14.8. The van der Waals surface area contributed by atoms with Gasteiger partial charge in [-0.25, -0.2) is 0 Å². The van der Waals surface area contributed by atoms with E-state index >= 15 is 0 Å². The van der Waals surface area contributed by atoms with E-state index in [0.29, 0.717) is 0 Å². The Balaban J connectivity index is 1.95. The minimum atomic E-state index is 0.260. The van der Waals surface area contributed by atoms with Crippen LogP contribution in [0, 0.1) is 6.92 Å². The third kappa shape index (κ3) is 2.96. The van der Waals surface area contributed by atoms with Crippen molar-refractivity contribution in [2.75, 3.05) is 5.32 Å². The summed E-state index contributed by atoms with van der Waals surface area (Å²) in [6, 6.07) is 21.6. The van der Waals surface area contributed by atoms with Gasteiger partial charge in [0.2, 0.25) is 0 Å². The summed E-state index contributed by atoms with van der Waals surface area (Å²) in [6.07, 6.45) is 0. The van der Waals surface area contributed by atoms with Crippen molar-refractivity contribution < 1.29 is 0 Å². The minimum absolute atomic E-state index is 0.260. The summed E-state index contributed by atoms with van der Waals surface area (Å²) in [4.78, 5) is 0. The van der Waals surface area contributed by atoms with Crippen molar-refractivity contribution in [3.8, 4) is 0 Å². The maximum absolute atomic E-state index is 3.62. The molecule has 0 aliphatic heterocycles. The molecule has 0 saturated carbocycles. The van der Waals surface area contributed by atoms with Gasteiger partial charge in [0.15, 0.2) is 0 Å². The van der Waals surface area contributed by atoms with Crippen LogP contribution in [-0.4, -0.2) is 0 Å². The second-order valence-electron chi connectivity index (χ2n) is 5.39. The first-order valence-electron chi connectivity index (χ1n) is 7.15. The van der Waals surface area contributed by atoms with Crippen molar-refractivity contribution >= 4 is 32.4 Å². The van der Waals surface area contributed by atoms with Gasteiger partial charge in [0.25, 0.3) is 0 Å². The average Bonchev–Trinajstić information content (AvgIpc) is 2.49. The topological polar surface area (TPSA) is 12.0 Å². The van der Waals surface area contributed by atoms with Gasteiger partial charge in [0.05, 0.1) is 0 Å². The molecule has 3 rings (SSSR count). The Hall–Kier alpha value is -1.80. The fourth-order valence-corrected chi connectivity index (χ4v) is 3.20. The lowest BCUT2D eigenvalue weighted by Crippen LogP contribution is -2.08. The van der Waals surface area contributed by atoms with Crippen LogP contribution in [0.5, 0.6) is 0 Å². The Morgan fingerprint density at radius 3 is 2.52 bits per heavy atom. The number of halogens is 1. The molecule has 0 amide bonds. The largest absolute Gasteiger partial charge is 0.378 e. The maximum Gasteiger partial charge on any atom is 0.0491 e. The summed E-state index contributed by atoms with van der Waals surface area (Å²) < 4.78 is 1.11. The summed E-state index contributed by atoms with van der Waals surface area (Å²) in [6.45, 7) is 4.34. The molecule has 1 nitrogen and oxygen atoms in total. The molecule has 2 heteroatoms. The number of fused-ring (bicyclic) bond motifs is 1. The van der Waals surface area contributed by atoms with Crippen molar-refractivity contribution in [1.29, 1.82) is 0 Å². The number of rotatable bonds is 3. The normalized spacial score (nSPS) is 12.3. The van der Waals surface area contributed by atoms with E-state index in [1.54, 1.807) is 0 Å². The first-order valence-corrected chi connectivity index (χ1v) is 7.95. The molecule has 0 bridgehead atoms. The second-order valence-corrected chi connectivity index (χ2v) is 6.31. The molecule has 1 N–H and O–H groups in total. The molecule has 0 spiro atoms. The molecule has 0 fully saturated rings. The van der Waals surface area contributed by atoms with Crippen LogP contribution in [0.1, 0.15) is 24.1 Å². The predicted octanol–water partition coefficient (Wildman–Crippen LogP) is 6.08. The van der Waals surface area contributed by atoms with Gasteiger partial charge >= 0.3 is 0 Å². The number of benzene rings is 3. The van der Waals surface area contributed by atoms with Crippen LogP contribution in [0.25, 0.3) is 10.8 Å². The number of nitrogens with one attached hydrogen (secondary N) is 1. The molecule has 106 valence electrons. The minimum Gasteiger partial charge on any atom is -0.378 e. The molecule has 0 radical (unpaired) electrons. The molecule has 0 aliphatic carbocycles. The fraction of sp³-hybridized carbons (Fsp3) is 0.158. The zero-order valence-corrected chi connectivity index (χ0v) is 13.8. The monoisotopic (exact) mass is 339 g/mol. The van der Waals surface area contributed by atoms with Crippen molar-refractivity contribution in [3.05, 3.63) is 76.3 Å². The van der Waals surface area contributed by atoms with Crippen LogP contribution < -0.4 is 5.32 Å². The first-order chi connectivity index (χ1) is 10.1. The Bertz CT molecular complexity index is 774. The third-order valence-electron chi connectivity index (χ3n) is 3.85. The molecular weight excluding hydrogens is 322 g/mol. The quantitative estimate of drug-likeness (QED) is 0.609. The van der Waals surface area contributed by atoms with E-state index in [9.17, 15) is 0 Å². The highest BCUT2D eigenvalue weighted by molar-refractivity contribution is 9.10. The predicted molar refractivity (Wildman–Crippen MR) is 94.9 cm³/mol. The number of aryl methyl sites for hydroxylation is 1. The number of hydrogen-bond donors (Lipinski definition) is 1. The summed E-state index contributed by atoms with van der Waals surface area (Å²) in [5.74, 6) is 0. The van der Waals surface area contributed by atoms with E-state index in [2.05, 4.69) is 95.8 Å². The standard InChI is InChI=1S/C19H18BrN/c1-13-12-16(20)10-11-19(13)21-14(2)17-9-5-7-15-6-3-4-8-18(15)17/h3-12,14,21H,1-2H3. The smallest absolute Gasteiger partial charge is 0.0491 e. The lowest BCUT2D eigenvalue weighted by atomic mass is 9.99. The first kappa shape index (κ1) is 14.2. The summed E-state index contributed by atoms with van der Waals surface area (Å²) in [5.41, 5.74) is 3.76. The lowest BCUT2D eigenvalue weighted by Gasteiger charge is -2.19. The third-order valence-corrected chi connectivity index (χ3v) is 4.34. The summed E-state index contributed by atoms with van der Waals surface area (Å²) in [7, 11) is 0. The van der Waals surface area contributed by atoms with Crippen LogP contribution >= 0.6 is 15.9 Å². The van der Waals surface area contributed by atoms with Gasteiger partial charge in [-0.2, -0.15) is 0 Å². The molecular formula is C19H18BrN. The average molecular weight is 340 g/mol. The van der Waals surface area contributed by atoms with Crippen molar-refractivity contribution in [2.24, 2.45) is 0 Å². The van der Waals surface area contributed by atoms with E-state index in [1.807, 2.05) is 0 Å². The molecule has 0 heterocycles. The summed E-state index contributed by atoms with van der Waals surface area (Å²) in [5, 5.41) is 6.23. The fourth-order valence-electron chi connectivity index (χ4n) is 2.73. The molecule has 1 atom stereocenters. The van der Waals surface area contributed by atoms with E-state index in [1.165, 1.54) is 27.6 Å². The van der Waals surface area contributed by atoms with E-state index < -0.39 is 0 Å². The Labute approximate surface area is 134 Å². The van der Waals surface area contributed by atoms with Gasteiger partial charge in [0.1, 0.15) is 0 Å². The molecule has 3 aromatic rings. The molecule has 0 saturated heterocycles. The summed E-state index contributed by atoms with van der Waals surface area (Å²) >= 11 is 3.51. The van der Waals surface area contributed by atoms with Crippen LogP contribution in [-0.2, 0) is 0 Å². The van der Waals surface area contributed by atoms with Crippen LogP contribution in [0.15, 0.2) is 65.1 Å². The van der Waals surface area contributed by atoms with Crippen molar-refractivity contribution in [3.63, 3.8) is 0 Å². The Morgan fingerprint density at radius 2 is 1.71 bits per heavy atom. The molecule has 0 aromatic heterocycles. The van der Waals surface area contributed by atoms with Crippen LogP contribution in [0.3, 0.4) is 0 Å². The SMILES string of the molecule is Cc1cc(Br)ccc1NC(C)c1cccc2ccccc12. The van der Waals surface area contributed by atoms with Crippen LogP contribution in [0.2, 0.25) is 0 Å². The van der Waals surface area contributed by atoms with Gasteiger partial charge < -0.3 is 5.32 Å². The van der Waals surface area contributed by atoms with E-state index in [-0.39, 0.29) is 6.04 Å². The molecule has 3 aromatic carbocycles. The van der Waals surface area contributed by atoms with Crippen molar-refractivity contribution in [2.45, 2.75) is 19.9 Å². The highest BCUT2D eigenvalue weighted by atomic mass is 79.9. The van der Waals surface area contributed by atoms with E-state index in [0.717, 1.165) is 4.47 Å². The molecule has 1 unspecified atom stereocenters. The number of anilines is 1.